The molecule has 0 aliphatic carbocycles. The lowest BCUT2D eigenvalue weighted by atomic mass is 10.2. The number of carbonyl (C=O) groups excluding carboxylic acids is 1. The summed E-state index contributed by atoms with van der Waals surface area (Å²) in [5.41, 5.74) is 0.530. The van der Waals surface area contributed by atoms with Crippen molar-refractivity contribution in [2.24, 2.45) is 19.8 Å². The van der Waals surface area contributed by atoms with Gasteiger partial charge in [0.25, 0.3) is 5.91 Å². The van der Waals surface area contributed by atoms with Gasteiger partial charge in [-0.25, -0.2) is 4.79 Å². The number of primary amides is 1. The van der Waals surface area contributed by atoms with E-state index in [4.69, 9.17) is 10.8 Å². The molecular formula is C14H15F6N5O3. The molecule has 0 aliphatic rings. The van der Waals surface area contributed by atoms with Crippen LogP contribution in [0.4, 0.5) is 26.3 Å². The van der Waals surface area contributed by atoms with Gasteiger partial charge < -0.3 is 10.8 Å². The number of nitrogens with zero attached hydrogens (tertiary/aromatic N) is 4. The molecule has 0 saturated heterocycles. The topological polar surface area (TPSA) is 116 Å². The molecule has 0 atom stereocenters. The molecule has 8 nitrogen and oxygen atoms in total. The lowest BCUT2D eigenvalue weighted by Crippen LogP contribution is -2.21. The van der Waals surface area contributed by atoms with Gasteiger partial charge in [0.15, 0.2) is 5.69 Å². The van der Waals surface area contributed by atoms with Crippen LogP contribution in [0.5, 0.6) is 0 Å². The molecule has 2 heterocycles. The molecule has 0 bridgehead atoms. The number of hydrogen-bond acceptors (Lipinski definition) is 4. The maximum atomic E-state index is 12.4. The smallest absolute Gasteiger partial charge is 0.420 e. The minimum atomic E-state index is -4.69. The van der Waals surface area contributed by atoms with Crippen molar-refractivity contribution in [2.45, 2.75) is 26.2 Å². The number of halogens is 6. The third kappa shape index (κ3) is 4.61. The Labute approximate surface area is 153 Å². The Morgan fingerprint density at radius 2 is 1.18 bits per heavy atom. The van der Waals surface area contributed by atoms with E-state index in [2.05, 4.69) is 10.2 Å². The van der Waals surface area contributed by atoms with Crippen molar-refractivity contribution in [1.82, 2.24) is 19.6 Å². The van der Waals surface area contributed by atoms with Crippen LogP contribution in [0.1, 0.15) is 43.5 Å². The van der Waals surface area contributed by atoms with E-state index in [-0.39, 0.29) is 11.4 Å². The van der Waals surface area contributed by atoms with Crippen molar-refractivity contribution >= 4 is 11.9 Å². The molecule has 3 N–H and O–H groups in total. The molecule has 2 aromatic rings. The molecule has 156 valence electrons. The maximum Gasteiger partial charge on any atom is 0.420 e. The number of hydrogen-bond donors (Lipinski definition) is 2. The first-order chi connectivity index (χ1) is 12.5. The summed E-state index contributed by atoms with van der Waals surface area (Å²) >= 11 is 0. The number of alkyl halides is 6. The Kier molecular flexibility index (Phi) is 6.17. The summed E-state index contributed by atoms with van der Waals surface area (Å²) < 4.78 is 75.9. The zero-order valence-corrected chi connectivity index (χ0v) is 14.9. The largest absolute Gasteiger partial charge is 0.477 e. The number of carboxylic acid groups (broad SMARTS) is 1. The molecule has 0 radical (unpaired) electrons. The third-order valence-electron chi connectivity index (χ3n) is 3.45. The predicted molar refractivity (Wildman–Crippen MR) is 81.4 cm³/mol. The summed E-state index contributed by atoms with van der Waals surface area (Å²) in [6, 6.07) is 0. The van der Waals surface area contributed by atoms with E-state index in [1.165, 1.54) is 14.0 Å². The number of aromatic nitrogens is 4. The molecule has 0 saturated carbocycles. The standard InChI is InChI=1S/C7H8F3N3O.C7H7F3N2O2/c1-3-4(7(8,9)10)5(6(11)14)13(2)12-3;1-3-4(7(8,9)10)5(6(13)14)12(2)11-3/h1-2H3,(H2,11,14);1-2H3,(H,13,14). The number of aryl methyl sites for hydroxylation is 4. The Morgan fingerprint density at radius 3 is 1.39 bits per heavy atom. The average molecular weight is 415 g/mol. The molecule has 28 heavy (non-hydrogen) atoms. The van der Waals surface area contributed by atoms with Gasteiger partial charge in [-0.3, -0.25) is 14.2 Å². The summed E-state index contributed by atoms with van der Waals surface area (Å²) in [6.07, 6.45) is -9.30. The highest BCUT2D eigenvalue weighted by Crippen LogP contribution is 2.34. The number of amides is 1. The quantitative estimate of drug-likeness (QED) is 0.731. The van der Waals surface area contributed by atoms with Gasteiger partial charge in [0.1, 0.15) is 16.8 Å². The first-order valence-corrected chi connectivity index (χ1v) is 7.24. The summed E-state index contributed by atoms with van der Waals surface area (Å²) in [5.74, 6) is -2.78. The van der Waals surface area contributed by atoms with E-state index in [0.29, 0.717) is 4.68 Å². The van der Waals surface area contributed by atoms with Crippen LogP contribution in [0.25, 0.3) is 0 Å². The lowest BCUT2D eigenvalue weighted by molar-refractivity contribution is -0.139. The number of nitrogens with two attached hydrogens (primary N) is 1. The Balaban J connectivity index is 0.000000280. The zero-order valence-electron chi connectivity index (χ0n) is 14.9. The molecule has 2 aromatic heterocycles. The Morgan fingerprint density at radius 1 is 0.857 bits per heavy atom. The van der Waals surface area contributed by atoms with Gasteiger partial charge in [0.2, 0.25) is 0 Å². The molecule has 1 amide bonds. The number of aromatic carboxylic acids is 1. The fourth-order valence-corrected chi connectivity index (χ4v) is 2.52. The van der Waals surface area contributed by atoms with Gasteiger partial charge in [-0.1, -0.05) is 0 Å². The molecule has 2 rings (SSSR count). The number of rotatable bonds is 2. The van der Waals surface area contributed by atoms with E-state index in [1.54, 1.807) is 0 Å². The molecule has 0 fully saturated rings. The minimum absolute atomic E-state index is 0.256. The Hall–Kier alpha value is -3.06. The number of carboxylic acids is 1. The third-order valence-corrected chi connectivity index (χ3v) is 3.45. The van der Waals surface area contributed by atoms with Crippen molar-refractivity contribution < 1.29 is 41.0 Å². The highest BCUT2D eigenvalue weighted by molar-refractivity contribution is 5.93. The van der Waals surface area contributed by atoms with Gasteiger partial charge in [0.05, 0.1) is 11.4 Å². The second-order valence-electron chi connectivity index (χ2n) is 5.53. The lowest BCUT2D eigenvalue weighted by Gasteiger charge is -2.06. The monoisotopic (exact) mass is 415 g/mol. The van der Waals surface area contributed by atoms with Crippen LogP contribution < -0.4 is 5.73 Å². The molecule has 0 unspecified atom stereocenters. The fourth-order valence-electron chi connectivity index (χ4n) is 2.52. The van der Waals surface area contributed by atoms with Crippen molar-refractivity contribution in [1.29, 1.82) is 0 Å². The van der Waals surface area contributed by atoms with Crippen molar-refractivity contribution in [2.75, 3.05) is 0 Å². The molecular weight excluding hydrogens is 400 g/mol. The zero-order chi connectivity index (χ0) is 22.2. The summed E-state index contributed by atoms with van der Waals surface area (Å²) in [5, 5.41) is 15.5. The van der Waals surface area contributed by atoms with E-state index < -0.39 is 46.7 Å². The van der Waals surface area contributed by atoms with E-state index >= 15 is 0 Å². The highest BCUT2D eigenvalue weighted by atomic mass is 19.4. The maximum absolute atomic E-state index is 12.4. The van der Waals surface area contributed by atoms with Crippen LogP contribution in [0.3, 0.4) is 0 Å². The van der Waals surface area contributed by atoms with Gasteiger partial charge in [-0.05, 0) is 13.8 Å². The van der Waals surface area contributed by atoms with Crippen LogP contribution in [-0.2, 0) is 26.4 Å². The summed E-state index contributed by atoms with van der Waals surface area (Å²) in [4.78, 5) is 21.3. The summed E-state index contributed by atoms with van der Waals surface area (Å²) in [7, 11) is 2.40. The predicted octanol–water partition coefficient (Wildman–Crippen LogP) is 2.29. The minimum Gasteiger partial charge on any atom is -0.477 e. The van der Waals surface area contributed by atoms with E-state index in [1.807, 2.05) is 0 Å². The SMILES string of the molecule is Cc1nn(C)c(C(=O)O)c1C(F)(F)F.Cc1nn(C)c(C(N)=O)c1C(F)(F)F. The van der Waals surface area contributed by atoms with Crippen LogP contribution in [0, 0.1) is 13.8 Å². The van der Waals surface area contributed by atoms with E-state index in [0.717, 1.165) is 18.7 Å². The van der Waals surface area contributed by atoms with Gasteiger partial charge in [-0.15, -0.1) is 0 Å². The highest BCUT2D eigenvalue weighted by Gasteiger charge is 2.41. The van der Waals surface area contributed by atoms with Crippen molar-refractivity contribution in [3.63, 3.8) is 0 Å². The first kappa shape index (κ1) is 23.0. The normalized spacial score (nSPS) is 11.8. The molecule has 0 spiro atoms. The van der Waals surface area contributed by atoms with Crippen LogP contribution in [0.2, 0.25) is 0 Å². The van der Waals surface area contributed by atoms with Crippen molar-refractivity contribution in [3.05, 3.63) is 33.9 Å². The van der Waals surface area contributed by atoms with Crippen LogP contribution >= 0.6 is 0 Å². The first-order valence-electron chi connectivity index (χ1n) is 7.24. The molecule has 0 aliphatic heterocycles. The van der Waals surface area contributed by atoms with Crippen LogP contribution in [-0.4, -0.2) is 36.5 Å². The van der Waals surface area contributed by atoms with Gasteiger partial charge in [0, 0.05) is 14.1 Å². The van der Waals surface area contributed by atoms with Crippen LogP contribution in [0.15, 0.2) is 0 Å². The van der Waals surface area contributed by atoms with E-state index in [9.17, 15) is 35.9 Å². The van der Waals surface area contributed by atoms with Crippen molar-refractivity contribution in [3.8, 4) is 0 Å². The second-order valence-corrected chi connectivity index (χ2v) is 5.53. The fraction of sp³-hybridized carbons (Fsp3) is 0.429. The molecule has 14 heteroatoms. The number of carbonyl (C=O) groups is 2. The second kappa shape index (κ2) is 7.52. The average Bonchev–Trinajstić information content (AvgIpc) is 2.93. The Bertz CT molecular complexity index is 836. The summed E-state index contributed by atoms with van der Waals surface area (Å²) in [6.45, 7) is 2.30. The van der Waals surface area contributed by atoms with Gasteiger partial charge in [-0.2, -0.15) is 36.5 Å². The molecule has 0 aromatic carbocycles. The van der Waals surface area contributed by atoms with Gasteiger partial charge >= 0.3 is 18.3 Å².